The quantitative estimate of drug-likeness (QED) is 0.784. The summed E-state index contributed by atoms with van der Waals surface area (Å²) in [5, 5.41) is 4.56. The molecule has 1 N–H and O–H groups in total. The van der Waals surface area contributed by atoms with Crippen molar-refractivity contribution in [2.75, 3.05) is 11.9 Å². The molecule has 0 atom stereocenters. The van der Waals surface area contributed by atoms with E-state index in [0.717, 1.165) is 41.9 Å². The summed E-state index contributed by atoms with van der Waals surface area (Å²) in [5.74, 6) is 1.92. The van der Waals surface area contributed by atoms with E-state index in [2.05, 4.69) is 41.3 Å². The summed E-state index contributed by atoms with van der Waals surface area (Å²) in [5.41, 5.74) is 1.04. The van der Waals surface area contributed by atoms with E-state index >= 15 is 0 Å². The van der Waals surface area contributed by atoms with E-state index in [0.29, 0.717) is 0 Å². The van der Waals surface area contributed by atoms with Crippen LogP contribution in [-0.4, -0.2) is 16.5 Å². The fourth-order valence-electron chi connectivity index (χ4n) is 1.98. The van der Waals surface area contributed by atoms with Gasteiger partial charge in [0.1, 0.15) is 11.6 Å². The first-order valence-corrected chi connectivity index (χ1v) is 6.84. The molecule has 0 radical (unpaired) electrons. The summed E-state index contributed by atoms with van der Waals surface area (Å²) in [6, 6.07) is 8.21. The van der Waals surface area contributed by atoms with E-state index in [1.54, 1.807) is 0 Å². The van der Waals surface area contributed by atoms with Crippen LogP contribution >= 0.6 is 0 Å². The van der Waals surface area contributed by atoms with Gasteiger partial charge in [-0.1, -0.05) is 32.4 Å². The molecule has 1 heterocycles. The van der Waals surface area contributed by atoms with Crippen molar-refractivity contribution in [3.8, 4) is 0 Å². The Balaban J connectivity index is 2.34. The number of nitrogens with one attached hydrogen (secondary N) is 1. The van der Waals surface area contributed by atoms with Crippen LogP contribution in [0.1, 0.15) is 38.9 Å². The molecule has 0 saturated heterocycles. The van der Waals surface area contributed by atoms with Crippen molar-refractivity contribution in [1.29, 1.82) is 0 Å². The summed E-state index contributed by atoms with van der Waals surface area (Å²) in [6.07, 6.45) is 4.37. The van der Waals surface area contributed by atoms with Crippen molar-refractivity contribution in [2.24, 2.45) is 0 Å². The van der Waals surface area contributed by atoms with Gasteiger partial charge in [-0.2, -0.15) is 0 Å². The third-order valence-electron chi connectivity index (χ3n) is 2.95. The number of rotatable bonds is 6. The maximum atomic E-state index is 4.64. The van der Waals surface area contributed by atoms with Gasteiger partial charge in [0.25, 0.3) is 0 Å². The van der Waals surface area contributed by atoms with Crippen LogP contribution in [0.4, 0.5) is 5.82 Å². The average molecular weight is 243 g/mol. The predicted octanol–water partition coefficient (Wildman–Crippen LogP) is 3.79. The minimum absolute atomic E-state index is 0.938. The Morgan fingerprint density at radius 3 is 2.67 bits per heavy atom. The predicted molar refractivity (Wildman–Crippen MR) is 76.9 cm³/mol. The molecule has 0 amide bonds. The molecular formula is C15H21N3. The Kier molecular flexibility index (Phi) is 4.51. The van der Waals surface area contributed by atoms with Gasteiger partial charge < -0.3 is 5.32 Å². The molecule has 3 heteroatoms. The fraction of sp³-hybridized carbons (Fsp3) is 0.467. The van der Waals surface area contributed by atoms with Gasteiger partial charge in [-0.15, -0.1) is 0 Å². The maximum absolute atomic E-state index is 4.64. The second kappa shape index (κ2) is 6.34. The Morgan fingerprint density at radius 2 is 1.89 bits per heavy atom. The minimum Gasteiger partial charge on any atom is -0.369 e. The molecule has 3 nitrogen and oxygen atoms in total. The van der Waals surface area contributed by atoms with Crippen molar-refractivity contribution in [1.82, 2.24) is 9.97 Å². The number of aryl methyl sites for hydroxylation is 1. The number of benzene rings is 1. The molecule has 2 aromatic rings. The number of aromatic nitrogens is 2. The highest BCUT2D eigenvalue weighted by Crippen LogP contribution is 2.20. The SMILES string of the molecule is CCCCNc1nc(CCC)nc2ccccc12. The van der Waals surface area contributed by atoms with Gasteiger partial charge in [0, 0.05) is 18.4 Å². The second-order valence-electron chi connectivity index (χ2n) is 4.54. The minimum atomic E-state index is 0.938. The summed E-state index contributed by atoms with van der Waals surface area (Å²) in [7, 11) is 0. The first-order chi connectivity index (χ1) is 8.85. The number of anilines is 1. The lowest BCUT2D eigenvalue weighted by Gasteiger charge is -2.10. The zero-order valence-electron chi connectivity index (χ0n) is 11.2. The van der Waals surface area contributed by atoms with Crippen LogP contribution in [0.15, 0.2) is 24.3 Å². The highest BCUT2D eigenvalue weighted by molar-refractivity contribution is 5.88. The molecule has 0 spiro atoms. The molecule has 0 saturated carbocycles. The molecule has 96 valence electrons. The largest absolute Gasteiger partial charge is 0.369 e. The molecule has 0 aliphatic rings. The van der Waals surface area contributed by atoms with Gasteiger partial charge in [-0.25, -0.2) is 9.97 Å². The van der Waals surface area contributed by atoms with Crippen LogP contribution in [0.5, 0.6) is 0 Å². The van der Waals surface area contributed by atoms with E-state index in [1.807, 2.05) is 12.1 Å². The third kappa shape index (κ3) is 2.97. The van der Waals surface area contributed by atoms with Crippen molar-refractivity contribution in [3.05, 3.63) is 30.1 Å². The number of hydrogen-bond donors (Lipinski definition) is 1. The molecule has 0 unspecified atom stereocenters. The molecule has 0 aliphatic heterocycles. The Bertz CT molecular complexity index is 508. The molecule has 2 rings (SSSR count). The lowest BCUT2D eigenvalue weighted by Crippen LogP contribution is -2.06. The lowest BCUT2D eigenvalue weighted by molar-refractivity contribution is 0.819. The number of hydrogen-bond acceptors (Lipinski definition) is 3. The number of nitrogens with zero attached hydrogens (tertiary/aromatic N) is 2. The number of para-hydroxylation sites is 1. The van der Waals surface area contributed by atoms with Gasteiger partial charge in [-0.05, 0) is 25.0 Å². The van der Waals surface area contributed by atoms with E-state index < -0.39 is 0 Å². The smallest absolute Gasteiger partial charge is 0.137 e. The molecule has 1 aromatic heterocycles. The van der Waals surface area contributed by atoms with E-state index in [9.17, 15) is 0 Å². The first kappa shape index (κ1) is 12.8. The Hall–Kier alpha value is -1.64. The summed E-state index contributed by atoms with van der Waals surface area (Å²) in [4.78, 5) is 9.24. The molecule has 0 bridgehead atoms. The van der Waals surface area contributed by atoms with E-state index in [1.165, 1.54) is 12.8 Å². The average Bonchev–Trinajstić information content (AvgIpc) is 2.39. The van der Waals surface area contributed by atoms with Crippen molar-refractivity contribution < 1.29 is 0 Å². The summed E-state index contributed by atoms with van der Waals surface area (Å²) in [6.45, 7) is 5.33. The second-order valence-corrected chi connectivity index (χ2v) is 4.54. The zero-order chi connectivity index (χ0) is 12.8. The highest BCUT2D eigenvalue weighted by Gasteiger charge is 2.06. The van der Waals surface area contributed by atoms with Crippen LogP contribution in [-0.2, 0) is 6.42 Å². The van der Waals surface area contributed by atoms with Crippen molar-refractivity contribution >= 4 is 16.7 Å². The van der Waals surface area contributed by atoms with E-state index in [4.69, 9.17) is 0 Å². The topological polar surface area (TPSA) is 37.8 Å². The monoisotopic (exact) mass is 243 g/mol. The maximum Gasteiger partial charge on any atom is 0.137 e. The van der Waals surface area contributed by atoms with Crippen molar-refractivity contribution in [3.63, 3.8) is 0 Å². The summed E-state index contributed by atoms with van der Waals surface area (Å²) >= 11 is 0. The van der Waals surface area contributed by atoms with Crippen LogP contribution in [0.2, 0.25) is 0 Å². The standard InChI is InChI=1S/C15H21N3/c1-3-5-11-16-15-12-9-6-7-10-13(12)17-14(18-15)8-4-2/h6-7,9-10H,3-5,8,11H2,1-2H3,(H,16,17,18). The van der Waals surface area contributed by atoms with Crippen molar-refractivity contribution in [2.45, 2.75) is 39.5 Å². The van der Waals surface area contributed by atoms with Crippen LogP contribution in [0.3, 0.4) is 0 Å². The van der Waals surface area contributed by atoms with Gasteiger partial charge in [0.05, 0.1) is 5.52 Å². The van der Waals surface area contributed by atoms with Crippen LogP contribution < -0.4 is 5.32 Å². The lowest BCUT2D eigenvalue weighted by atomic mass is 10.2. The van der Waals surface area contributed by atoms with Gasteiger partial charge >= 0.3 is 0 Å². The molecule has 18 heavy (non-hydrogen) atoms. The molecule has 1 aromatic carbocycles. The molecular weight excluding hydrogens is 222 g/mol. The van der Waals surface area contributed by atoms with Crippen LogP contribution in [0.25, 0.3) is 10.9 Å². The van der Waals surface area contributed by atoms with Crippen LogP contribution in [0, 0.1) is 0 Å². The molecule has 0 aliphatic carbocycles. The third-order valence-corrected chi connectivity index (χ3v) is 2.95. The normalized spacial score (nSPS) is 10.8. The highest BCUT2D eigenvalue weighted by atomic mass is 15.0. The number of unbranched alkanes of at least 4 members (excludes halogenated alkanes) is 1. The van der Waals surface area contributed by atoms with Gasteiger partial charge in [0.15, 0.2) is 0 Å². The van der Waals surface area contributed by atoms with Gasteiger partial charge in [0.2, 0.25) is 0 Å². The Morgan fingerprint density at radius 1 is 1.06 bits per heavy atom. The zero-order valence-corrected chi connectivity index (χ0v) is 11.2. The first-order valence-electron chi connectivity index (χ1n) is 6.84. The summed E-state index contributed by atoms with van der Waals surface area (Å²) < 4.78 is 0. The molecule has 0 fully saturated rings. The number of fused-ring (bicyclic) bond motifs is 1. The Labute approximate surface area is 109 Å². The van der Waals surface area contributed by atoms with E-state index in [-0.39, 0.29) is 0 Å². The van der Waals surface area contributed by atoms with Gasteiger partial charge in [-0.3, -0.25) is 0 Å². The fourth-order valence-corrected chi connectivity index (χ4v) is 1.98.